The predicted octanol–water partition coefficient (Wildman–Crippen LogP) is 10.3. The number of ether oxygens (including phenoxy) is 2. The number of rotatable bonds is 33. The Bertz CT molecular complexity index is 1150. The van der Waals surface area contributed by atoms with Crippen LogP contribution in [0, 0.1) is 0 Å². The monoisotopic (exact) mass is 731 g/mol. The highest BCUT2D eigenvalue weighted by Crippen LogP contribution is 2.43. The zero-order valence-corrected chi connectivity index (χ0v) is 32.2. The van der Waals surface area contributed by atoms with Crippen LogP contribution in [0.3, 0.4) is 0 Å². The summed E-state index contributed by atoms with van der Waals surface area (Å²) in [6, 6.07) is 0. The summed E-state index contributed by atoms with van der Waals surface area (Å²) in [6.45, 7) is 3.35. The molecule has 1 unspecified atom stereocenters. The quantitative estimate of drug-likeness (QED) is 0.0293. The molecule has 0 saturated heterocycles. The van der Waals surface area contributed by atoms with Crippen LogP contribution in [0.25, 0.3) is 0 Å². The maximum Gasteiger partial charge on any atom is 0.472 e. The largest absolute Gasteiger partial charge is 0.472 e. The zero-order chi connectivity index (χ0) is 37.5. The number of carbonyl (C=O) groups is 2. The van der Waals surface area contributed by atoms with Crippen molar-refractivity contribution >= 4 is 19.8 Å². The number of hydrogen-bond donors (Lipinski definition) is 2. The normalized spacial score (nSPS) is 14.5. The molecule has 0 saturated carbocycles. The van der Waals surface area contributed by atoms with Gasteiger partial charge in [0.05, 0.1) is 13.2 Å². The fourth-order valence-corrected chi connectivity index (χ4v) is 5.18. The molecule has 288 valence electrons. The van der Waals surface area contributed by atoms with Gasteiger partial charge in [0.15, 0.2) is 6.10 Å². The summed E-state index contributed by atoms with van der Waals surface area (Å²) < 4.78 is 32.6. The number of phosphoric acid groups is 1. The molecule has 0 aromatic heterocycles. The lowest BCUT2D eigenvalue weighted by molar-refractivity contribution is -0.161. The maximum atomic E-state index is 12.5. The summed E-state index contributed by atoms with van der Waals surface area (Å²) in [5.74, 6) is -0.897. The third kappa shape index (κ3) is 36.5. The molecule has 0 aliphatic carbocycles. The van der Waals surface area contributed by atoms with Crippen molar-refractivity contribution < 1.29 is 37.6 Å². The van der Waals surface area contributed by atoms with Gasteiger partial charge in [-0.2, -0.15) is 0 Å². The van der Waals surface area contributed by atoms with Crippen molar-refractivity contribution in [3.05, 3.63) is 97.2 Å². The standard InChI is InChI=1S/C41H66NO8P/c1-3-5-7-9-11-13-15-17-19-21-23-25-27-29-31-33-40(43)47-37-39(38-49-51(45,46)48-36-35-42)50-41(44)34-32-30-28-26-24-22-20-18-16-14-12-10-8-6-4-2/h5-20,39H,3-4,21-38,42H2,1-2H3,(H,45,46)/b7-5+,8-6+,11-9+,12-10+,15-13+,16-14+,19-17+,20-18+/t39-/m1/s1. The summed E-state index contributed by atoms with van der Waals surface area (Å²) in [5, 5.41) is 0. The molecule has 2 atom stereocenters. The van der Waals surface area contributed by atoms with Crippen LogP contribution < -0.4 is 5.73 Å². The van der Waals surface area contributed by atoms with Gasteiger partial charge in [0.25, 0.3) is 0 Å². The zero-order valence-electron chi connectivity index (χ0n) is 31.3. The van der Waals surface area contributed by atoms with Crippen molar-refractivity contribution in [2.75, 3.05) is 26.4 Å². The number of phosphoric ester groups is 1. The smallest absolute Gasteiger partial charge is 0.462 e. The molecule has 0 rings (SSSR count). The number of esters is 2. The molecule has 0 amide bonds. The Morgan fingerprint density at radius 2 is 1.02 bits per heavy atom. The lowest BCUT2D eigenvalue weighted by Crippen LogP contribution is -2.29. The Morgan fingerprint density at radius 3 is 1.51 bits per heavy atom. The molecule has 0 heterocycles. The molecule has 0 fully saturated rings. The number of nitrogens with two attached hydrogens (primary N) is 1. The van der Waals surface area contributed by atoms with Crippen LogP contribution in [0.15, 0.2) is 97.2 Å². The van der Waals surface area contributed by atoms with Crippen LogP contribution >= 0.6 is 7.82 Å². The van der Waals surface area contributed by atoms with Crippen LogP contribution in [0.2, 0.25) is 0 Å². The molecule has 10 heteroatoms. The van der Waals surface area contributed by atoms with Gasteiger partial charge in [-0.3, -0.25) is 18.6 Å². The van der Waals surface area contributed by atoms with Crippen LogP contribution in [-0.2, 0) is 32.7 Å². The molecule has 0 bridgehead atoms. The molecule has 0 aromatic rings. The molecule has 3 N–H and O–H groups in total. The average molecular weight is 732 g/mol. The third-order valence-electron chi connectivity index (χ3n) is 7.15. The highest BCUT2D eigenvalue weighted by molar-refractivity contribution is 7.47. The maximum absolute atomic E-state index is 12.5. The summed E-state index contributed by atoms with van der Waals surface area (Å²) in [4.78, 5) is 34.7. The number of unbranched alkanes of at least 4 members (excludes halogenated alkanes) is 10. The summed E-state index contributed by atoms with van der Waals surface area (Å²) in [5.41, 5.74) is 5.33. The first kappa shape index (κ1) is 47.9. The van der Waals surface area contributed by atoms with E-state index in [1.807, 2.05) is 60.8 Å². The van der Waals surface area contributed by atoms with Crippen molar-refractivity contribution in [2.24, 2.45) is 5.73 Å². The second kappa shape index (κ2) is 36.7. The lowest BCUT2D eigenvalue weighted by atomic mass is 10.1. The van der Waals surface area contributed by atoms with Crippen LogP contribution in [-0.4, -0.2) is 49.3 Å². The van der Waals surface area contributed by atoms with E-state index in [0.29, 0.717) is 12.8 Å². The predicted molar refractivity (Wildman–Crippen MR) is 210 cm³/mol. The Labute approximate surface area is 308 Å². The minimum atomic E-state index is -4.39. The Kier molecular flexibility index (Phi) is 34.5. The first-order chi connectivity index (χ1) is 24.8. The summed E-state index contributed by atoms with van der Waals surface area (Å²) >= 11 is 0. The molecular formula is C41H66NO8P. The molecule has 9 nitrogen and oxygen atoms in total. The minimum Gasteiger partial charge on any atom is -0.462 e. The van der Waals surface area contributed by atoms with Gasteiger partial charge in [0, 0.05) is 19.4 Å². The second-order valence-corrected chi connectivity index (χ2v) is 13.3. The van der Waals surface area contributed by atoms with Crippen LogP contribution in [0.5, 0.6) is 0 Å². The Morgan fingerprint density at radius 1 is 0.588 bits per heavy atom. The van der Waals surface area contributed by atoms with Crippen LogP contribution in [0.4, 0.5) is 0 Å². The van der Waals surface area contributed by atoms with E-state index in [9.17, 15) is 19.0 Å². The summed E-state index contributed by atoms with van der Waals surface area (Å²) in [6.07, 6.45) is 45.8. The number of allylic oxidation sites excluding steroid dienone is 16. The van der Waals surface area contributed by atoms with Crippen molar-refractivity contribution in [1.82, 2.24) is 0 Å². The van der Waals surface area contributed by atoms with E-state index in [4.69, 9.17) is 24.3 Å². The SMILES string of the molecule is CC/C=C/C=C/C=C/C=C/CCCCCCCC(=O)OC[C@H](COP(=O)(O)OCCN)OC(=O)CCCCCCC/C=C/C=C/C=C/C=C/CC. The van der Waals surface area contributed by atoms with Gasteiger partial charge in [-0.1, -0.05) is 150 Å². The molecule has 0 radical (unpaired) electrons. The van der Waals surface area contributed by atoms with E-state index in [2.05, 4.69) is 50.3 Å². The fraction of sp³-hybridized carbons (Fsp3) is 0.561. The van der Waals surface area contributed by atoms with Gasteiger partial charge in [-0.25, -0.2) is 4.57 Å². The van der Waals surface area contributed by atoms with Crippen molar-refractivity contribution in [3.63, 3.8) is 0 Å². The Balaban J connectivity index is 4.35. The Hall–Kier alpha value is -3.07. The molecule has 51 heavy (non-hydrogen) atoms. The second-order valence-electron chi connectivity index (χ2n) is 11.9. The topological polar surface area (TPSA) is 134 Å². The van der Waals surface area contributed by atoms with E-state index in [-0.39, 0.29) is 32.6 Å². The van der Waals surface area contributed by atoms with Crippen molar-refractivity contribution in [1.29, 1.82) is 0 Å². The lowest BCUT2D eigenvalue weighted by Gasteiger charge is -2.19. The number of carbonyl (C=O) groups excluding carboxylic acids is 2. The number of hydrogen-bond acceptors (Lipinski definition) is 8. The van der Waals surface area contributed by atoms with Gasteiger partial charge in [0.2, 0.25) is 0 Å². The molecule has 0 aliphatic rings. The van der Waals surface area contributed by atoms with E-state index in [0.717, 1.165) is 77.0 Å². The molecule has 0 aliphatic heterocycles. The third-order valence-corrected chi connectivity index (χ3v) is 8.14. The first-order valence-electron chi connectivity index (χ1n) is 18.8. The summed E-state index contributed by atoms with van der Waals surface area (Å²) in [7, 11) is -4.39. The van der Waals surface area contributed by atoms with Gasteiger partial charge >= 0.3 is 19.8 Å². The van der Waals surface area contributed by atoms with Crippen molar-refractivity contribution in [2.45, 2.75) is 123 Å². The van der Waals surface area contributed by atoms with E-state index in [1.54, 1.807) is 0 Å². The van der Waals surface area contributed by atoms with E-state index < -0.39 is 32.5 Å². The fourth-order valence-electron chi connectivity index (χ4n) is 4.42. The van der Waals surface area contributed by atoms with Crippen LogP contribution in [0.1, 0.15) is 117 Å². The molecular weight excluding hydrogens is 665 g/mol. The molecule has 0 aromatic carbocycles. The minimum absolute atomic E-state index is 0.0392. The van der Waals surface area contributed by atoms with Gasteiger partial charge in [-0.05, 0) is 51.4 Å². The van der Waals surface area contributed by atoms with Gasteiger partial charge in [0.1, 0.15) is 6.61 Å². The highest BCUT2D eigenvalue weighted by Gasteiger charge is 2.25. The van der Waals surface area contributed by atoms with Gasteiger partial charge < -0.3 is 20.1 Å². The highest BCUT2D eigenvalue weighted by atomic mass is 31.2. The van der Waals surface area contributed by atoms with Gasteiger partial charge in [-0.15, -0.1) is 0 Å². The first-order valence-corrected chi connectivity index (χ1v) is 20.3. The van der Waals surface area contributed by atoms with E-state index in [1.165, 1.54) is 0 Å². The van der Waals surface area contributed by atoms with E-state index >= 15 is 0 Å². The average Bonchev–Trinajstić information content (AvgIpc) is 3.11. The van der Waals surface area contributed by atoms with Crippen molar-refractivity contribution in [3.8, 4) is 0 Å². The molecule has 0 spiro atoms.